The van der Waals surface area contributed by atoms with E-state index in [9.17, 15) is 31.2 Å². The molecular weight excluding hydrogens is 614 g/mol. The highest BCUT2D eigenvalue weighted by Gasteiger charge is 2.35. The Balaban J connectivity index is 2.08. The Bertz CT molecular complexity index is 1520. The summed E-state index contributed by atoms with van der Waals surface area (Å²) >= 11 is 12.4. The summed E-state index contributed by atoms with van der Waals surface area (Å²) in [7, 11) is -4.52. The van der Waals surface area contributed by atoms with Crippen LogP contribution >= 0.6 is 23.2 Å². The van der Waals surface area contributed by atoms with E-state index in [0.29, 0.717) is 27.5 Å². The number of carbonyl (C=O) groups is 2. The third-order valence-corrected chi connectivity index (χ3v) is 8.65. The summed E-state index contributed by atoms with van der Waals surface area (Å²) in [4.78, 5) is 27.8. The Morgan fingerprint density at radius 2 is 1.60 bits per heavy atom. The van der Waals surface area contributed by atoms with E-state index < -0.39 is 46.2 Å². The zero-order valence-electron chi connectivity index (χ0n) is 23.0. The lowest BCUT2D eigenvalue weighted by Crippen LogP contribution is -2.51. The molecule has 0 heterocycles. The molecule has 0 aliphatic heterocycles. The molecule has 42 heavy (non-hydrogen) atoms. The van der Waals surface area contributed by atoms with E-state index >= 15 is 0 Å². The minimum Gasteiger partial charge on any atom is -0.354 e. The normalized spacial score (nSPS) is 12.6. The number of benzene rings is 3. The smallest absolute Gasteiger partial charge is 0.354 e. The van der Waals surface area contributed by atoms with Crippen molar-refractivity contribution in [2.75, 3.05) is 17.4 Å². The standard InChI is InChI=1S/C29H30Cl2F3N3O4S/c1-19(2)16-35-28(39)20(3)36(17-21-12-13-23(30)15-26(21)31)27(38)18-37(42(40,41)25-10-5-4-6-11-25)24-9-7-8-22(14-24)29(32,33)34/h4-15,19-20H,16-18H2,1-3H3,(H,35,39)/t20-/m1/s1. The average Bonchev–Trinajstić information content (AvgIpc) is 2.93. The minimum absolute atomic E-state index is 0.114. The SMILES string of the molecule is CC(C)CNC(=O)[C@@H](C)N(Cc1ccc(Cl)cc1Cl)C(=O)CN(c1cccc(C(F)(F)F)c1)S(=O)(=O)c1ccccc1. The van der Waals surface area contributed by atoms with Gasteiger partial charge in [-0.05, 0) is 60.9 Å². The molecule has 3 aromatic rings. The largest absolute Gasteiger partial charge is 0.416 e. The van der Waals surface area contributed by atoms with Crippen molar-refractivity contribution in [3.63, 3.8) is 0 Å². The van der Waals surface area contributed by atoms with Gasteiger partial charge in [0.2, 0.25) is 11.8 Å². The second-order valence-electron chi connectivity index (χ2n) is 9.95. The summed E-state index contributed by atoms with van der Waals surface area (Å²) in [5.41, 5.74) is -1.04. The van der Waals surface area contributed by atoms with Crippen molar-refractivity contribution in [3.05, 3.63) is 94.0 Å². The number of nitrogens with one attached hydrogen (secondary N) is 1. The van der Waals surface area contributed by atoms with Crippen molar-refractivity contribution in [2.24, 2.45) is 5.92 Å². The second kappa shape index (κ2) is 13.8. The highest BCUT2D eigenvalue weighted by Crippen LogP contribution is 2.33. The van der Waals surface area contributed by atoms with Crippen LogP contribution in [-0.4, -0.2) is 44.3 Å². The molecule has 3 aromatic carbocycles. The van der Waals surface area contributed by atoms with Crippen molar-refractivity contribution in [1.29, 1.82) is 0 Å². The number of alkyl halides is 3. The predicted octanol–water partition coefficient (Wildman–Crippen LogP) is 6.40. The van der Waals surface area contributed by atoms with Gasteiger partial charge in [0.15, 0.2) is 0 Å². The number of halogens is 5. The fraction of sp³-hybridized carbons (Fsp3) is 0.310. The molecule has 1 N–H and O–H groups in total. The Hall–Kier alpha value is -3.28. The molecule has 0 aliphatic carbocycles. The molecule has 0 saturated carbocycles. The van der Waals surface area contributed by atoms with Gasteiger partial charge in [0.05, 0.1) is 16.1 Å². The van der Waals surface area contributed by atoms with Gasteiger partial charge in [0, 0.05) is 23.1 Å². The Morgan fingerprint density at radius 3 is 2.19 bits per heavy atom. The van der Waals surface area contributed by atoms with Gasteiger partial charge in [0.1, 0.15) is 12.6 Å². The molecule has 7 nitrogen and oxygen atoms in total. The van der Waals surface area contributed by atoms with Crippen LogP contribution in [0.1, 0.15) is 31.9 Å². The Kier molecular flexibility index (Phi) is 10.9. The number of carbonyl (C=O) groups excluding carboxylic acids is 2. The first-order valence-corrected chi connectivity index (χ1v) is 15.1. The van der Waals surface area contributed by atoms with Crippen LogP contribution in [0.15, 0.2) is 77.7 Å². The number of sulfonamides is 1. The van der Waals surface area contributed by atoms with Crippen LogP contribution in [0.2, 0.25) is 10.0 Å². The number of amides is 2. The topological polar surface area (TPSA) is 86.8 Å². The predicted molar refractivity (Wildman–Crippen MR) is 157 cm³/mol. The molecule has 0 radical (unpaired) electrons. The van der Waals surface area contributed by atoms with Gasteiger partial charge in [-0.15, -0.1) is 0 Å². The third-order valence-electron chi connectivity index (χ3n) is 6.28. The van der Waals surface area contributed by atoms with E-state index in [0.717, 1.165) is 17.0 Å². The number of hydrogen-bond acceptors (Lipinski definition) is 4. The molecule has 226 valence electrons. The maximum atomic E-state index is 13.9. The molecule has 0 aliphatic rings. The van der Waals surface area contributed by atoms with Crippen molar-refractivity contribution in [1.82, 2.24) is 10.2 Å². The third kappa shape index (κ3) is 8.39. The zero-order chi connectivity index (χ0) is 31.2. The lowest BCUT2D eigenvalue weighted by atomic mass is 10.1. The minimum atomic E-state index is -4.76. The first-order chi connectivity index (χ1) is 19.6. The lowest BCUT2D eigenvalue weighted by Gasteiger charge is -2.32. The van der Waals surface area contributed by atoms with Gasteiger partial charge < -0.3 is 10.2 Å². The van der Waals surface area contributed by atoms with Crippen LogP contribution in [0.4, 0.5) is 18.9 Å². The summed E-state index contributed by atoms with van der Waals surface area (Å²) in [5, 5.41) is 3.30. The van der Waals surface area contributed by atoms with Crippen LogP contribution in [0.5, 0.6) is 0 Å². The van der Waals surface area contributed by atoms with E-state index in [1.54, 1.807) is 18.2 Å². The first-order valence-electron chi connectivity index (χ1n) is 12.9. The van der Waals surface area contributed by atoms with Crippen LogP contribution in [0.3, 0.4) is 0 Å². The van der Waals surface area contributed by atoms with Crippen LogP contribution in [-0.2, 0) is 32.3 Å². The molecule has 3 rings (SSSR count). The fourth-order valence-electron chi connectivity index (χ4n) is 3.95. The second-order valence-corrected chi connectivity index (χ2v) is 12.7. The highest BCUT2D eigenvalue weighted by atomic mass is 35.5. The molecular formula is C29H30Cl2F3N3O4S. The van der Waals surface area contributed by atoms with Crippen LogP contribution in [0, 0.1) is 5.92 Å². The molecule has 1 atom stereocenters. The highest BCUT2D eigenvalue weighted by molar-refractivity contribution is 7.92. The van der Waals surface area contributed by atoms with Gasteiger partial charge in [-0.25, -0.2) is 8.42 Å². The van der Waals surface area contributed by atoms with E-state index in [1.807, 2.05) is 13.8 Å². The van der Waals surface area contributed by atoms with E-state index in [4.69, 9.17) is 23.2 Å². The molecule has 0 fully saturated rings. The summed E-state index contributed by atoms with van der Waals surface area (Å²) in [5.74, 6) is -1.23. The van der Waals surface area contributed by atoms with Crippen LogP contribution < -0.4 is 9.62 Å². The van der Waals surface area contributed by atoms with Crippen molar-refractivity contribution < 1.29 is 31.2 Å². The number of nitrogens with zero attached hydrogens (tertiary/aromatic N) is 2. The lowest BCUT2D eigenvalue weighted by molar-refractivity contribution is -0.139. The average molecular weight is 645 g/mol. The van der Waals surface area contributed by atoms with Crippen LogP contribution in [0.25, 0.3) is 0 Å². The Labute approximate surface area is 253 Å². The van der Waals surface area contributed by atoms with Crippen molar-refractivity contribution >= 4 is 50.7 Å². The van der Waals surface area contributed by atoms with Crippen molar-refractivity contribution in [3.8, 4) is 0 Å². The maximum absolute atomic E-state index is 13.9. The summed E-state index contributed by atoms with van der Waals surface area (Å²) in [6, 6.07) is 14.2. The van der Waals surface area contributed by atoms with E-state index in [1.165, 1.54) is 43.3 Å². The van der Waals surface area contributed by atoms with Gasteiger partial charge in [-0.1, -0.05) is 67.4 Å². The van der Waals surface area contributed by atoms with Gasteiger partial charge in [-0.3, -0.25) is 13.9 Å². The number of hydrogen-bond donors (Lipinski definition) is 1. The fourth-order valence-corrected chi connectivity index (χ4v) is 5.85. The maximum Gasteiger partial charge on any atom is 0.416 e. The first kappa shape index (κ1) is 33.2. The van der Waals surface area contributed by atoms with Gasteiger partial charge >= 0.3 is 6.18 Å². The molecule has 0 spiro atoms. The molecule has 2 amide bonds. The molecule has 0 bridgehead atoms. The monoisotopic (exact) mass is 643 g/mol. The molecule has 0 saturated heterocycles. The number of rotatable bonds is 11. The zero-order valence-corrected chi connectivity index (χ0v) is 25.4. The summed E-state index contributed by atoms with van der Waals surface area (Å²) in [6.07, 6.45) is -4.76. The quantitative estimate of drug-likeness (QED) is 0.262. The molecule has 13 heteroatoms. The summed E-state index contributed by atoms with van der Waals surface area (Å²) in [6.45, 7) is 4.48. The molecule has 0 unspecified atom stereocenters. The summed E-state index contributed by atoms with van der Waals surface area (Å²) < 4.78 is 68.8. The van der Waals surface area contributed by atoms with E-state index in [-0.39, 0.29) is 28.1 Å². The number of anilines is 1. The van der Waals surface area contributed by atoms with Gasteiger partial charge in [0.25, 0.3) is 10.0 Å². The molecule has 0 aromatic heterocycles. The van der Waals surface area contributed by atoms with Crippen molar-refractivity contribution in [2.45, 2.75) is 44.4 Å². The van der Waals surface area contributed by atoms with Gasteiger partial charge in [-0.2, -0.15) is 13.2 Å². The Morgan fingerprint density at radius 1 is 0.929 bits per heavy atom. The van der Waals surface area contributed by atoms with E-state index in [2.05, 4.69) is 5.32 Å².